The highest BCUT2D eigenvalue weighted by atomic mass is 19.4. The van der Waals surface area contributed by atoms with Crippen molar-refractivity contribution in [2.45, 2.75) is 57.7 Å². The van der Waals surface area contributed by atoms with Gasteiger partial charge >= 0.3 is 6.18 Å². The molecule has 3 aromatic rings. The predicted octanol–water partition coefficient (Wildman–Crippen LogP) is 4.55. The Morgan fingerprint density at radius 1 is 0.974 bits per heavy atom. The molecule has 6 nitrogen and oxygen atoms in total. The van der Waals surface area contributed by atoms with E-state index in [9.17, 15) is 37.7 Å². The molecule has 0 aliphatic heterocycles. The maximum Gasteiger partial charge on any atom is 0.416 e. The van der Waals surface area contributed by atoms with Crippen LogP contribution in [-0.2, 0) is 37.0 Å². The number of carbonyl (C=O) groups excluding carboxylic acids is 1. The van der Waals surface area contributed by atoms with Gasteiger partial charge in [-0.25, -0.2) is 4.39 Å². The van der Waals surface area contributed by atoms with E-state index >= 15 is 0 Å². The zero-order valence-corrected chi connectivity index (χ0v) is 21.6. The normalized spacial score (nSPS) is 12.8. The van der Waals surface area contributed by atoms with E-state index in [1.54, 1.807) is 24.3 Å². The molecule has 3 rings (SSSR count). The van der Waals surface area contributed by atoms with Crippen LogP contribution >= 0.6 is 0 Å². The molecule has 1 amide bonds. The Labute approximate surface area is 224 Å². The molecule has 0 aromatic heterocycles. The average molecular weight is 549 g/mol. The van der Waals surface area contributed by atoms with Crippen molar-refractivity contribution in [3.05, 3.63) is 99.9 Å². The van der Waals surface area contributed by atoms with Crippen molar-refractivity contribution in [3.8, 4) is 5.75 Å². The van der Waals surface area contributed by atoms with E-state index in [4.69, 9.17) is 0 Å². The third-order valence-corrected chi connectivity index (χ3v) is 6.21. The van der Waals surface area contributed by atoms with Crippen LogP contribution < -0.4 is 10.6 Å². The summed E-state index contributed by atoms with van der Waals surface area (Å²) in [4.78, 5) is 12.4. The second-order valence-electron chi connectivity index (χ2n) is 10.1. The first-order chi connectivity index (χ1) is 18.3. The molecule has 0 fully saturated rings. The highest BCUT2D eigenvalue weighted by Crippen LogP contribution is 2.30. The number of aliphatic hydroxyl groups excluding tert-OH is 2. The molecule has 39 heavy (non-hydrogen) atoms. The Morgan fingerprint density at radius 2 is 1.69 bits per heavy atom. The first-order valence-corrected chi connectivity index (χ1v) is 12.3. The Morgan fingerprint density at radius 3 is 2.38 bits per heavy atom. The molecule has 10 heteroatoms. The van der Waals surface area contributed by atoms with Crippen molar-refractivity contribution < 1.29 is 37.7 Å². The van der Waals surface area contributed by atoms with Gasteiger partial charge in [0.05, 0.1) is 24.7 Å². The second-order valence-corrected chi connectivity index (χ2v) is 10.1. The summed E-state index contributed by atoms with van der Waals surface area (Å²) < 4.78 is 52.3. The lowest BCUT2D eigenvalue weighted by Gasteiger charge is -2.28. The van der Waals surface area contributed by atoms with E-state index in [1.807, 2.05) is 26.0 Å². The predicted molar refractivity (Wildman–Crippen MR) is 138 cm³/mol. The van der Waals surface area contributed by atoms with Gasteiger partial charge in [-0.1, -0.05) is 30.3 Å². The molecule has 0 heterocycles. The van der Waals surface area contributed by atoms with Crippen molar-refractivity contribution in [2.24, 2.45) is 0 Å². The van der Waals surface area contributed by atoms with Gasteiger partial charge in [0.25, 0.3) is 0 Å². The number of halogens is 4. The number of rotatable bonds is 11. The summed E-state index contributed by atoms with van der Waals surface area (Å²) in [7, 11) is 0. The number of aromatic hydroxyl groups is 1. The minimum Gasteiger partial charge on any atom is -0.508 e. The standard InChI is InChI=1S/C29H32F4N2O4/c1-28(2,35-16-26(38)21-6-7-25(37)22(12-21)17-36)14-19-5-3-4-18(8-19)11-27(39)34-15-20-9-23(29(31,32)33)13-24(30)10-20/h3-10,12-13,26,35-38H,11,14-17H2,1-2H3,(H,34,39)/t26-/m1/s1. The number of phenols is 1. The Hall–Kier alpha value is -3.47. The number of alkyl halides is 3. The second kappa shape index (κ2) is 12.6. The summed E-state index contributed by atoms with van der Waals surface area (Å²) in [5, 5.41) is 35.4. The van der Waals surface area contributed by atoms with Gasteiger partial charge in [0.2, 0.25) is 5.91 Å². The first-order valence-electron chi connectivity index (χ1n) is 12.3. The molecule has 0 radical (unpaired) electrons. The average Bonchev–Trinajstić information content (AvgIpc) is 2.85. The van der Waals surface area contributed by atoms with E-state index in [2.05, 4.69) is 10.6 Å². The van der Waals surface area contributed by atoms with E-state index < -0.39 is 35.1 Å². The maximum absolute atomic E-state index is 13.6. The molecule has 0 aliphatic carbocycles. The van der Waals surface area contributed by atoms with Gasteiger partial charge in [0.15, 0.2) is 0 Å². The van der Waals surface area contributed by atoms with Crippen molar-refractivity contribution in [1.29, 1.82) is 0 Å². The monoisotopic (exact) mass is 548 g/mol. The van der Waals surface area contributed by atoms with Crippen LogP contribution in [0.15, 0.2) is 60.7 Å². The number of aliphatic hydroxyl groups is 2. The summed E-state index contributed by atoms with van der Waals surface area (Å²) in [5.74, 6) is -1.48. The van der Waals surface area contributed by atoms with Crippen molar-refractivity contribution in [1.82, 2.24) is 10.6 Å². The van der Waals surface area contributed by atoms with Gasteiger partial charge < -0.3 is 26.0 Å². The van der Waals surface area contributed by atoms with E-state index in [0.29, 0.717) is 29.2 Å². The Balaban J connectivity index is 1.55. The Bertz CT molecular complexity index is 1290. The van der Waals surface area contributed by atoms with Crippen molar-refractivity contribution in [3.63, 3.8) is 0 Å². The number of amides is 1. The summed E-state index contributed by atoms with van der Waals surface area (Å²) in [6.45, 7) is 3.57. The molecule has 0 bridgehead atoms. The number of carbonyl (C=O) groups is 1. The van der Waals surface area contributed by atoms with Crippen LogP contribution in [0.4, 0.5) is 17.6 Å². The largest absolute Gasteiger partial charge is 0.508 e. The van der Waals surface area contributed by atoms with Crippen LogP contribution in [0.1, 0.15) is 53.3 Å². The highest BCUT2D eigenvalue weighted by Gasteiger charge is 2.31. The molecule has 0 saturated carbocycles. The molecule has 0 saturated heterocycles. The lowest BCUT2D eigenvalue weighted by molar-refractivity contribution is -0.137. The topological polar surface area (TPSA) is 102 Å². The zero-order chi connectivity index (χ0) is 28.8. The highest BCUT2D eigenvalue weighted by molar-refractivity contribution is 5.78. The number of hydrogen-bond acceptors (Lipinski definition) is 5. The van der Waals surface area contributed by atoms with Crippen LogP contribution in [-0.4, -0.2) is 33.3 Å². The third kappa shape index (κ3) is 9.05. The molecule has 0 unspecified atom stereocenters. The van der Waals surface area contributed by atoms with Gasteiger partial charge in [-0.05, 0) is 72.9 Å². The number of nitrogens with one attached hydrogen (secondary N) is 2. The van der Waals surface area contributed by atoms with Crippen LogP contribution in [0.3, 0.4) is 0 Å². The summed E-state index contributed by atoms with van der Waals surface area (Å²) in [6.07, 6.45) is -4.99. The van der Waals surface area contributed by atoms with Crippen LogP contribution in [0.25, 0.3) is 0 Å². The fourth-order valence-corrected chi connectivity index (χ4v) is 4.22. The van der Waals surface area contributed by atoms with E-state index in [1.165, 1.54) is 6.07 Å². The number of β-amino-alcohol motifs (C(OH)–C–C–N with tert-alkyl or cyclic N) is 1. The van der Waals surface area contributed by atoms with Crippen LogP contribution in [0.2, 0.25) is 0 Å². The van der Waals surface area contributed by atoms with Gasteiger partial charge in [-0.3, -0.25) is 4.79 Å². The molecule has 210 valence electrons. The number of benzene rings is 3. The lowest BCUT2D eigenvalue weighted by Crippen LogP contribution is -2.43. The SMILES string of the molecule is CC(C)(Cc1cccc(CC(=O)NCc2cc(F)cc(C(F)(F)F)c2)c1)NC[C@@H](O)c1ccc(O)c(CO)c1. The summed E-state index contributed by atoms with van der Waals surface area (Å²) in [6, 6.07) is 14.1. The molecule has 1 atom stereocenters. The van der Waals surface area contributed by atoms with Crippen LogP contribution in [0.5, 0.6) is 5.75 Å². The van der Waals surface area contributed by atoms with E-state index in [-0.39, 0.29) is 37.4 Å². The molecule has 3 aromatic carbocycles. The summed E-state index contributed by atoms with van der Waals surface area (Å²) in [5.41, 5.74) is 0.984. The maximum atomic E-state index is 13.6. The fraction of sp³-hybridized carbons (Fsp3) is 0.345. The molecular formula is C29H32F4N2O4. The van der Waals surface area contributed by atoms with Crippen molar-refractivity contribution >= 4 is 5.91 Å². The molecule has 0 aliphatic rings. The minimum atomic E-state index is -4.68. The Kier molecular flexibility index (Phi) is 9.71. The summed E-state index contributed by atoms with van der Waals surface area (Å²) >= 11 is 0. The van der Waals surface area contributed by atoms with E-state index in [0.717, 1.165) is 17.7 Å². The minimum absolute atomic E-state index is 0.00407. The first kappa shape index (κ1) is 30.1. The zero-order valence-electron chi connectivity index (χ0n) is 21.6. The quantitative estimate of drug-likeness (QED) is 0.227. The van der Waals surface area contributed by atoms with Gasteiger partial charge in [-0.15, -0.1) is 0 Å². The molecule has 0 spiro atoms. The van der Waals surface area contributed by atoms with Gasteiger partial charge in [0.1, 0.15) is 11.6 Å². The molecule has 5 N–H and O–H groups in total. The molecular weight excluding hydrogens is 516 g/mol. The fourth-order valence-electron chi connectivity index (χ4n) is 4.22. The van der Waals surface area contributed by atoms with Gasteiger partial charge in [-0.2, -0.15) is 13.2 Å². The van der Waals surface area contributed by atoms with Crippen LogP contribution in [0, 0.1) is 5.82 Å². The smallest absolute Gasteiger partial charge is 0.416 e. The van der Waals surface area contributed by atoms with Crippen molar-refractivity contribution in [2.75, 3.05) is 6.54 Å². The van der Waals surface area contributed by atoms with Gasteiger partial charge in [0, 0.05) is 24.2 Å². The number of hydrogen-bond donors (Lipinski definition) is 5. The lowest BCUT2D eigenvalue weighted by atomic mass is 9.93. The third-order valence-electron chi connectivity index (χ3n) is 6.21.